The fourth-order valence-corrected chi connectivity index (χ4v) is 3.48. The minimum absolute atomic E-state index is 0.316. The minimum atomic E-state index is 0.316. The van der Waals surface area contributed by atoms with Crippen molar-refractivity contribution in [2.24, 2.45) is 5.92 Å². The maximum atomic E-state index is 9.17. The standard InChI is InChI=1S/C15H17BrN2O/c16-11-3-4-14-13(7-11)15(10-1-2-10)17-18(14)12-5-9(6-12)8-19/h3-4,7,9-10,12,19H,1-2,5-6,8H2/t9-,12-. The van der Waals surface area contributed by atoms with Crippen molar-refractivity contribution in [1.29, 1.82) is 0 Å². The summed E-state index contributed by atoms with van der Waals surface area (Å²) in [6.45, 7) is 0.316. The lowest BCUT2D eigenvalue weighted by molar-refractivity contribution is 0.108. The second kappa shape index (κ2) is 4.32. The van der Waals surface area contributed by atoms with Crippen molar-refractivity contribution in [1.82, 2.24) is 9.78 Å². The van der Waals surface area contributed by atoms with E-state index in [0.29, 0.717) is 24.5 Å². The Morgan fingerprint density at radius 3 is 2.79 bits per heavy atom. The molecule has 2 aliphatic rings. The Balaban J connectivity index is 1.78. The van der Waals surface area contributed by atoms with Crippen LogP contribution in [-0.2, 0) is 0 Å². The van der Waals surface area contributed by atoms with E-state index in [0.717, 1.165) is 17.3 Å². The Bertz CT molecular complexity index is 626. The van der Waals surface area contributed by atoms with E-state index >= 15 is 0 Å². The van der Waals surface area contributed by atoms with Crippen LogP contribution in [0.5, 0.6) is 0 Å². The highest BCUT2D eigenvalue weighted by molar-refractivity contribution is 9.10. The number of aliphatic hydroxyl groups is 1. The van der Waals surface area contributed by atoms with Crippen molar-refractivity contribution in [2.75, 3.05) is 6.61 Å². The Hall–Kier alpha value is -0.870. The van der Waals surface area contributed by atoms with Gasteiger partial charge in [-0.3, -0.25) is 4.68 Å². The lowest BCUT2D eigenvalue weighted by atomic mass is 9.81. The zero-order valence-electron chi connectivity index (χ0n) is 10.7. The van der Waals surface area contributed by atoms with Gasteiger partial charge in [-0.25, -0.2) is 0 Å². The van der Waals surface area contributed by atoms with Gasteiger partial charge in [-0.15, -0.1) is 0 Å². The molecule has 0 aliphatic heterocycles. The molecule has 0 radical (unpaired) electrons. The lowest BCUT2D eigenvalue weighted by Gasteiger charge is -2.34. The summed E-state index contributed by atoms with van der Waals surface area (Å²) in [6.07, 6.45) is 4.69. The third-order valence-electron chi connectivity index (χ3n) is 4.48. The largest absolute Gasteiger partial charge is 0.396 e. The summed E-state index contributed by atoms with van der Waals surface area (Å²) < 4.78 is 3.34. The van der Waals surface area contributed by atoms with Crippen molar-refractivity contribution in [3.05, 3.63) is 28.4 Å². The van der Waals surface area contributed by atoms with Crippen molar-refractivity contribution in [3.8, 4) is 0 Å². The summed E-state index contributed by atoms with van der Waals surface area (Å²) in [7, 11) is 0. The highest BCUT2D eigenvalue weighted by Gasteiger charge is 2.34. The zero-order chi connectivity index (χ0) is 13.0. The molecule has 1 aromatic carbocycles. The van der Waals surface area contributed by atoms with Gasteiger partial charge in [-0.1, -0.05) is 15.9 Å². The number of nitrogens with zero attached hydrogens (tertiary/aromatic N) is 2. The van der Waals surface area contributed by atoms with Gasteiger partial charge in [-0.2, -0.15) is 5.10 Å². The maximum absolute atomic E-state index is 9.17. The number of hydrogen-bond donors (Lipinski definition) is 1. The highest BCUT2D eigenvalue weighted by Crippen LogP contribution is 2.45. The van der Waals surface area contributed by atoms with E-state index < -0.39 is 0 Å². The normalized spacial score (nSPS) is 26.6. The second-order valence-corrected chi connectivity index (χ2v) is 6.86. The molecule has 100 valence electrons. The topological polar surface area (TPSA) is 38.0 Å². The van der Waals surface area contributed by atoms with Crippen LogP contribution in [0.3, 0.4) is 0 Å². The van der Waals surface area contributed by atoms with E-state index in [1.807, 2.05) is 0 Å². The van der Waals surface area contributed by atoms with E-state index in [1.165, 1.54) is 29.4 Å². The summed E-state index contributed by atoms with van der Waals surface area (Å²) in [6, 6.07) is 6.95. The Morgan fingerprint density at radius 2 is 2.11 bits per heavy atom. The monoisotopic (exact) mass is 320 g/mol. The van der Waals surface area contributed by atoms with Gasteiger partial charge in [0, 0.05) is 22.4 Å². The molecule has 2 aromatic rings. The molecule has 0 spiro atoms. The molecule has 2 aliphatic carbocycles. The molecule has 0 bridgehead atoms. The summed E-state index contributed by atoms with van der Waals surface area (Å²) in [5.74, 6) is 1.15. The van der Waals surface area contributed by atoms with E-state index in [9.17, 15) is 0 Å². The fourth-order valence-electron chi connectivity index (χ4n) is 3.12. The number of hydrogen-bond acceptors (Lipinski definition) is 2. The Kier molecular flexibility index (Phi) is 2.71. The first-order valence-corrected chi connectivity index (χ1v) is 7.84. The summed E-state index contributed by atoms with van der Waals surface area (Å²) >= 11 is 3.56. The average Bonchev–Trinajstić information content (AvgIpc) is 3.12. The third kappa shape index (κ3) is 1.93. The van der Waals surface area contributed by atoms with E-state index in [2.05, 4.69) is 38.8 Å². The molecule has 4 rings (SSSR count). The van der Waals surface area contributed by atoms with Gasteiger partial charge >= 0.3 is 0 Å². The zero-order valence-corrected chi connectivity index (χ0v) is 12.3. The van der Waals surface area contributed by atoms with E-state index in [1.54, 1.807) is 0 Å². The number of halogens is 1. The molecule has 0 saturated heterocycles. The number of benzene rings is 1. The Morgan fingerprint density at radius 1 is 1.32 bits per heavy atom. The van der Waals surface area contributed by atoms with Gasteiger partial charge < -0.3 is 5.11 Å². The maximum Gasteiger partial charge on any atom is 0.0734 e. The fraction of sp³-hybridized carbons (Fsp3) is 0.533. The van der Waals surface area contributed by atoms with Crippen LogP contribution < -0.4 is 0 Å². The SMILES string of the molecule is OC[C@H]1C[C@H](n2nc(C3CC3)c3cc(Br)ccc32)C1. The van der Waals surface area contributed by atoms with Crippen molar-refractivity contribution < 1.29 is 5.11 Å². The van der Waals surface area contributed by atoms with Gasteiger partial charge in [0.2, 0.25) is 0 Å². The van der Waals surface area contributed by atoms with Crippen LogP contribution in [0.2, 0.25) is 0 Å². The van der Waals surface area contributed by atoms with Crippen LogP contribution in [0.4, 0.5) is 0 Å². The molecule has 0 amide bonds. The predicted molar refractivity (Wildman–Crippen MR) is 78.3 cm³/mol. The first-order valence-electron chi connectivity index (χ1n) is 7.05. The number of aromatic nitrogens is 2. The first kappa shape index (κ1) is 11.9. The average molecular weight is 321 g/mol. The van der Waals surface area contributed by atoms with E-state index in [4.69, 9.17) is 10.2 Å². The Labute approximate surface area is 120 Å². The smallest absolute Gasteiger partial charge is 0.0734 e. The van der Waals surface area contributed by atoms with Gasteiger partial charge in [0.15, 0.2) is 0 Å². The molecular weight excluding hydrogens is 304 g/mol. The highest BCUT2D eigenvalue weighted by atomic mass is 79.9. The van der Waals surface area contributed by atoms with Gasteiger partial charge in [0.1, 0.15) is 0 Å². The van der Waals surface area contributed by atoms with Gasteiger partial charge in [0.05, 0.1) is 17.3 Å². The molecule has 0 unspecified atom stereocenters. The number of fused-ring (bicyclic) bond motifs is 1. The molecule has 1 heterocycles. The number of aliphatic hydroxyl groups excluding tert-OH is 1. The summed E-state index contributed by atoms with van der Waals surface area (Å²) in [4.78, 5) is 0. The van der Waals surface area contributed by atoms with E-state index in [-0.39, 0.29) is 0 Å². The number of rotatable bonds is 3. The molecule has 2 fully saturated rings. The van der Waals surface area contributed by atoms with Crippen molar-refractivity contribution in [3.63, 3.8) is 0 Å². The molecule has 0 atom stereocenters. The lowest BCUT2D eigenvalue weighted by Crippen LogP contribution is -2.29. The molecule has 2 saturated carbocycles. The third-order valence-corrected chi connectivity index (χ3v) is 4.97. The molecule has 3 nitrogen and oxygen atoms in total. The van der Waals surface area contributed by atoms with Crippen LogP contribution in [0, 0.1) is 5.92 Å². The quantitative estimate of drug-likeness (QED) is 0.938. The summed E-state index contributed by atoms with van der Waals surface area (Å²) in [5, 5.41) is 15.4. The minimum Gasteiger partial charge on any atom is -0.396 e. The molecule has 4 heteroatoms. The molecular formula is C15H17BrN2O. The molecule has 19 heavy (non-hydrogen) atoms. The molecule has 1 aromatic heterocycles. The summed E-state index contributed by atoms with van der Waals surface area (Å²) in [5.41, 5.74) is 2.54. The van der Waals surface area contributed by atoms with Gasteiger partial charge in [0.25, 0.3) is 0 Å². The van der Waals surface area contributed by atoms with Crippen LogP contribution in [0.1, 0.15) is 43.3 Å². The van der Waals surface area contributed by atoms with Gasteiger partial charge in [-0.05, 0) is 49.8 Å². The van der Waals surface area contributed by atoms with Crippen molar-refractivity contribution >= 4 is 26.8 Å². The van der Waals surface area contributed by atoms with Crippen molar-refractivity contribution in [2.45, 2.75) is 37.6 Å². The molecule has 1 N–H and O–H groups in total. The van der Waals surface area contributed by atoms with Crippen LogP contribution in [-0.4, -0.2) is 21.5 Å². The predicted octanol–water partition coefficient (Wildman–Crippen LogP) is 3.62. The second-order valence-electron chi connectivity index (χ2n) is 5.94. The first-order chi connectivity index (χ1) is 9.26. The van der Waals surface area contributed by atoms with Crippen LogP contribution in [0.15, 0.2) is 22.7 Å². The van der Waals surface area contributed by atoms with Crippen LogP contribution in [0.25, 0.3) is 10.9 Å². The van der Waals surface area contributed by atoms with Crippen LogP contribution >= 0.6 is 15.9 Å².